The predicted octanol–water partition coefficient (Wildman–Crippen LogP) is 6.40. The average Bonchev–Trinajstić information content (AvgIpc) is 3.25. The van der Waals surface area contributed by atoms with Gasteiger partial charge in [0.15, 0.2) is 11.5 Å². The van der Waals surface area contributed by atoms with E-state index in [0.717, 1.165) is 51.7 Å². The van der Waals surface area contributed by atoms with Gasteiger partial charge in [-0.15, -0.1) is 0 Å². The van der Waals surface area contributed by atoms with Gasteiger partial charge in [0.2, 0.25) is 0 Å². The summed E-state index contributed by atoms with van der Waals surface area (Å²) in [6, 6.07) is 20.6. The summed E-state index contributed by atoms with van der Waals surface area (Å²) >= 11 is 4.05. The first-order chi connectivity index (χ1) is 20.6. The highest BCUT2D eigenvalue weighted by Gasteiger charge is 2.35. The number of carbonyl (C=O) groups excluding carboxylic acids is 2. The molecule has 0 saturated carbocycles. The van der Waals surface area contributed by atoms with Gasteiger partial charge >= 0.3 is 10.1 Å². The van der Waals surface area contributed by atoms with E-state index in [1.807, 2.05) is 42.5 Å². The number of fused-ring (bicyclic) bond motifs is 1. The Labute approximate surface area is 258 Å². The van der Waals surface area contributed by atoms with Gasteiger partial charge in [0.05, 0.1) is 28.0 Å². The number of halogens is 1. The van der Waals surface area contributed by atoms with E-state index in [0.29, 0.717) is 11.3 Å². The molecule has 1 heterocycles. The molecule has 0 aromatic heterocycles. The summed E-state index contributed by atoms with van der Waals surface area (Å²) in [4.78, 5) is 36.9. The Morgan fingerprint density at radius 3 is 2.44 bits per heavy atom. The molecule has 0 bridgehead atoms. The van der Waals surface area contributed by atoms with Crippen molar-refractivity contribution in [1.82, 2.24) is 4.90 Å². The second-order valence-corrected chi connectivity index (χ2v) is 12.4. The van der Waals surface area contributed by atoms with Gasteiger partial charge in [-0.3, -0.25) is 24.6 Å². The van der Waals surface area contributed by atoms with Gasteiger partial charge in [-0.25, -0.2) is 0 Å². The lowest BCUT2D eigenvalue weighted by Gasteiger charge is -2.14. The molecule has 14 heteroatoms. The number of nitrogens with zero attached hydrogens (tertiary/aromatic N) is 2. The van der Waals surface area contributed by atoms with E-state index in [4.69, 9.17) is 13.7 Å². The van der Waals surface area contributed by atoms with Crippen molar-refractivity contribution in [3.8, 4) is 17.2 Å². The van der Waals surface area contributed by atoms with Crippen molar-refractivity contribution in [2.75, 3.05) is 20.3 Å². The molecule has 1 aliphatic rings. The largest absolute Gasteiger partial charge is 0.493 e. The number of imide groups is 1. The van der Waals surface area contributed by atoms with Crippen LogP contribution in [0.1, 0.15) is 5.56 Å². The van der Waals surface area contributed by atoms with Crippen LogP contribution in [0.2, 0.25) is 0 Å². The Morgan fingerprint density at radius 2 is 1.72 bits per heavy atom. The minimum atomic E-state index is -4.38. The van der Waals surface area contributed by atoms with Crippen LogP contribution in [0.4, 0.5) is 10.5 Å². The SMILES string of the molecule is COc1cc(/C=C2\SC(=O)N(CCOc3cccc4ccccc34)C2=O)cc(Br)c1OS(=O)(=O)c1ccc([N+](=O)[O-])cc1. The maximum absolute atomic E-state index is 13.1. The third kappa shape index (κ3) is 6.50. The van der Waals surface area contributed by atoms with Crippen LogP contribution >= 0.6 is 27.7 Å². The first kappa shape index (κ1) is 30.1. The van der Waals surface area contributed by atoms with E-state index in [1.165, 1.54) is 25.3 Å². The van der Waals surface area contributed by atoms with Gasteiger partial charge in [0, 0.05) is 17.5 Å². The molecule has 4 aromatic rings. The van der Waals surface area contributed by atoms with Crippen molar-refractivity contribution < 1.29 is 36.6 Å². The Balaban J connectivity index is 1.30. The number of non-ortho nitro benzene ring substituents is 1. The number of ether oxygens (including phenoxy) is 2. The van der Waals surface area contributed by atoms with Gasteiger partial charge in [0.1, 0.15) is 17.3 Å². The maximum Gasteiger partial charge on any atom is 0.339 e. The van der Waals surface area contributed by atoms with Gasteiger partial charge in [-0.2, -0.15) is 8.42 Å². The number of methoxy groups -OCH3 is 1. The fourth-order valence-corrected chi connectivity index (χ4v) is 6.68. The van der Waals surface area contributed by atoms with E-state index >= 15 is 0 Å². The van der Waals surface area contributed by atoms with Gasteiger partial charge in [0.25, 0.3) is 16.8 Å². The molecule has 11 nitrogen and oxygen atoms in total. The summed E-state index contributed by atoms with van der Waals surface area (Å²) in [6.45, 7) is 0.152. The molecule has 0 atom stereocenters. The van der Waals surface area contributed by atoms with Crippen LogP contribution in [0.5, 0.6) is 17.2 Å². The van der Waals surface area contributed by atoms with E-state index in [9.17, 15) is 28.1 Å². The number of carbonyl (C=O) groups is 2. The number of nitro groups is 1. The molecule has 0 unspecified atom stereocenters. The lowest BCUT2D eigenvalue weighted by Crippen LogP contribution is -2.32. The number of amides is 2. The molecule has 5 rings (SSSR count). The number of nitro benzene ring substituents is 1. The number of hydrogen-bond acceptors (Lipinski definition) is 10. The molecular formula is C29H21BrN2O9S2. The molecule has 1 saturated heterocycles. The number of hydrogen-bond donors (Lipinski definition) is 0. The van der Waals surface area contributed by atoms with Crippen LogP contribution in [0.25, 0.3) is 16.8 Å². The smallest absolute Gasteiger partial charge is 0.339 e. The van der Waals surface area contributed by atoms with Crippen molar-refractivity contribution in [2.45, 2.75) is 4.90 Å². The van der Waals surface area contributed by atoms with E-state index < -0.39 is 26.2 Å². The van der Waals surface area contributed by atoms with Crippen LogP contribution in [0.3, 0.4) is 0 Å². The van der Waals surface area contributed by atoms with Crippen LogP contribution in [-0.2, 0) is 14.9 Å². The normalized spacial score (nSPS) is 14.4. The van der Waals surface area contributed by atoms with Gasteiger partial charge in [-0.05, 0) is 75.0 Å². The van der Waals surface area contributed by atoms with Gasteiger partial charge in [-0.1, -0.05) is 36.4 Å². The molecule has 0 radical (unpaired) electrons. The summed E-state index contributed by atoms with van der Waals surface area (Å²) in [6.07, 6.45) is 1.48. The molecular weight excluding hydrogens is 664 g/mol. The molecule has 43 heavy (non-hydrogen) atoms. The topological polar surface area (TPSA) is 142 Å². The zero-order valence-corrected chi connectivity index (χ0v) is 25.5. The fraction of sp³-hybridized carbons (Fsp3) is 0.103. The second kappa shape index (κ2) is 12.5. The summed E-state index contributed by atoms with van der Waals surface area (Å²) in [5.41, 5.74) is 0.158. The molecule has 0 spiro atoms. The molecule has 220 valence electrons. The van der Waals surface area contributed by atoms with Crippen LogP contribution in [0, 0.1) is 10.1 Å². The van der Waals surface area contributed by atoms with Crippen LogP contribution in [-0.4, -0.2) is 49.6 Å². The van der Waals surface area contributed by atoms with E-state index in [-0.39, 0.29) is 44.6 Å². The van der Waals surface area contributed by atoms with Crippen molar-refractivity contribution in [2.24, 2.45) is 0 Å². The van der Waals surface area contributed by atoms with Crippen molar-refractivity contribution >= 4 is 71.5 Å². The Kier molecular flexibility index (Phi) is 8.71. The molecule has 1 aliphatic heterocycles. The first-order valence-corrected chi connectivity index (χ1v) is 15.5. The quantitative estimate of drug-likeness (QED) is 0.0796. The Morgan fingerprint density at radius 1 is 1.00 bits per heavy atom. The average molecular weight is 686 g/mol. The molecule has 0 aliphatic carbocycles. The Bertz CT molecular complexity index is 1890. The minimum Gasteiger partial charge on any atom is -0.493 e. The lowest BCUT2D eigenvalue weighted by atomic mass is 10.1. The maximum atomic E-state index is 13.1. The monoisotopic (exact) mass is 684 g/mol. The van der Waals surface area contributed by atoms with Crippen molar-refractivity contribution in [3.63, 3.8) is 0 Å². The summed E-state index contributed by atoms with van der Waals surface area (Å²) in [7, 11) is -3.07. The summed E-state index contributed by atoms with van der Waals surface area (Å²) in [5, 5.41) is 12.4. The van der Waals surface area contributed by atoms with Crippen LogP contribution in [0.15, 0.2) is 93.1 Å². The number of benzene rings is 4. The summed E-state index contributed by atoms with van der Waals surface area (Å²) < 4.78 is 42.4. The standard InChI is InChI=1S/C29H21BrN2O9S2/c1-39-25-16-18(15-23(30)27(25)41-43(37,38)21-11-9-20(10-12-21)32(35)36)17-26-28(33)31(29(34)42-26)13-14-40-24-8-4-6-19-5-2-3-7-22(19)24/h2-12,15-17H,13-14H2,1H3/b26-17-. The minimum absolute atomic E-state index is 0.0221. The second-order valence-electron chi connectivity index (χ2n) is 8.98. The zero-order valence-electron chi connectivity index (χ0n) is 22.3. The van der Waals surface area contributed by atoms with Crippen molar-refractivity contribution in [1.29, 1.82) is 0 Å². The van der Waals surface area contributed by atoms with Crippen molar-refractivity contribution in [3.05, 3.63) is 104 Å². The highest BCUT2D eigenvalue weighted by Crippen LogP contribution is 2.40. The third-order valence-electron chi connectivity index (χ3n) is 6.27. The first-order valence-electron chi connectivity index (χ1n) is 12.5. The highest BCUT2D eigenvalue weighted by atomic mass is 79.9. The highest BCUT2D eigenvalue weighted by molar-refractivity contribution is 9.10. The molecule has 4 aromatic carbocycles. The Hall–Kier alpha value is -4.40. The lowest BCUT2D eigenvalue weighted by molar-refractivity contribution is -0.384. The zero-order chi connectivity index (χ0) is 30.7. The third-order valence-corrected chi connectivity index (χ3v) is 9.01. The molecule has 2 amide bonds. The summed E-state index contributed by atoms with van der Waals surface area (Å²) in [5.74, 6) is 0.00802. The molecule has 0 N–H and O–H groups in total. The van der Waals surface area contributed by atoms with Crippen LogP contribution < -0.4 is 13.7 Å². The fourth-order valence-electron chi connectivity index (χ4n) is 4.21. The molecule has 1 fully saturated rings. The number of rotatable bonds is 10. The number of thioether (sulfide) groups is 1. The van der Waals surface area contributed by atoms with E-state index in [2.05, 4.69) is 15.9 Å². The van der Waals surface area contributed by atoms with Gasteiger partial charge < -0.3 is 13.7 Å². The van der Waals surface area contributed by atoms with E-state index in [1.54, 1.807) is 0 Å². The predicted molar refractivity (Wildman–Crippen MR) is 164 cm³/mol.